The van der Waals surface area contributed by atoms with Crippen molar-refractivity contribution >= 4 is 0 Å². The van der Waals surface area contributed by atoms with E-state index in [4.69, 9.17) is 0 Å². The van der Waals surface area contributed by atoms with Crippen molar-refractivity contribution in [1.29, 1.82) is 0 Å². The van der Waals surface area contributed by atoms with E-state index in [1.807, 2.05) is 0 Å². The lowest BCUT2D eigenvalue weighted by Gasteiger charge is -2.31. The third kappa shape index (κ3) is 2.68. The average molecular weight is 182 g/mol. The second kappa shape index (κ2) is 3.97. The number of hydrogen-bond acceptors (Lipinski definition) is 2. The average Bonchev–Trinajstić information content (AvgIpc) is 2.85. The summed E-state index contributed by atoms with van der Waals surface area (Å²) in [6.07, 6.45) is 4.29. The molecule has 0 aromatic carbocycles. The van der Waals surface area contributed by atoms with Gasteiger partial charge in [0.1, 0.15) is 0 Å². The molecule has 0 spiro atoms. The largest absolute Gasteiger partial charge is 0.316 e. The highest BCUT2D eigenvalue weighted by molar-refractivity contribution is 4.85. The van der Waals surface area contributed by atoms with Crippen LogP contribution in [0, 0.1) is 11.8 Å². The molecule has 1 saturated heterocycles. The molecule has 76 valence electrons. The zero-order valence-electron chi connectivity index (χ0n) is 8.92. The summed E-state index contributed by atoms with van der Waals surface area (Å²) in [5.41, 5.74) is 0. The van der Waals surface area contributed by atoms with E-state index < -0.39 is 0 Å². The molecule has 1 saturated carbocycles. The van der Waals surface area contributed by atoms with Gasteiger partial charge in [-0.3, -0.25) is 0 Å². The zero-order chi connectivity index (χ0) is 9.26. The Morgan fingerprint density at radius 3 is 2.69 bits per heavy atom. The van der Waals surface area contributed by atoms with E-state index in [1.54, 1.807) is 0 Å². The fourth-order valence-corrected chi connectivity index (χ4v) is 2.48. The predicted octanol–water partition coefficient (Wildman–Crippen LogP) is 1.33. The minimum atomic E-state index is 0.881. The summed E-state index contributed by atoms with van der Waals surface area (Å²) < 4.78 is 0. The van der Waals surface area contributed by atoms with Crippen LogP contribution < -0.4 is 5.32 Å². The third-order valence-electron chi connectivity index (χ3n) is 3.38. The first kappa shape index (κ1) is 9.47. The van der Waals surface area contributed by atoms with Gasteiger partial charge in [0.15, 0.2) is 0 Å². The van der Waals surface area contributed by atoms with Gasteiger partial charge in [-0.1, -0.05) is 6.92 Å². The van der Waals surface area contributed by atoms with Crippen molar-refractivity contribution in [2.75, 3.05) is 26.7 Å². The van der Waals surface area contributed by atoms with Crippen LogP contribution >= 0.6 is 0 Å². The Hall–Kier alpha value is -0.0800. The summed E-state index contributed by atoms with van der Waals surface area (Å²) in [6.45, 7) is 6.13. The topological polar surface area (TPSA) is 15.3 Å². The Bertz CT molecular complexity index is 165. The summed E-state index contributed by atoms with van der Waals surface area (Å²) in [4.78, 5) is 2.56. The van der Waals surface area contributed by atoms with E-state index in [0.29, 0.717) is 0 Å². The molecule has 0 bridgehead atoms. The van der Waals surface area contributed by atoms with Crippen LogP contribution in [0.4, 0.5) is 0 Å². The van der Waals surface area contributed by atoms with Gasteiger partial charge in [-0.05, 0) is 51.2 Å². The maximum atomic E-state index is 3.52. The Morgan fingerprint density at radius 1 is 1.31 bits per heavy atom. The second-order valence-electron chi connectivity index (χ2n) is 5.04. The number of piperidine rings is 1. The minimum Gasteiger partial charge on any atom is -0.316 e. The molecule has 0 amide bonds. The monoisotopic (exact) mass is 182 g/mol. The molecular weight excluding hydrogens is 160 g/mol. The van der Waals surface area contributed by atoms with Crippen LogP contribution in [0.5, 0.6) is 0 Å². The van der Waals surface area contributed by atoms with Gasteiger partial charge in [-0.25, -0.2) is 0 Å². The van der Waals surface area contributed by atoms with Crippen molar-refractivity contribution < 1.29 is 0 Å². The van der Waals surface area contributed by atoms with E-state index in [1.165, 1.54) is 38.9 Å². The van der Waals surface area contributed by atoms with Gasteiger partial charge < -0.3 is 10.2 Å². The molecule has 0 radical (unpaired) electrons. The Morgan fingerprint density at radius 2 is 2.08 bits per heavy atom. The van der Waals surface area contributed by atoms with E-state index in [0.717, 1.165) is 17.9 Å². The molecule has 1 aliphatic heterocycles. The normalized spacial score (nSPS) is 35.3. The third-order valence-corrected chi connectivity index (χ3v) is 3.38. The maximum Gasteiger partial charge on any atom is 0.00934 e. The van der Waals surface area contributed by atoms with Crippen LogP contribution in [0.15, 0.2) is 0 Å². The van der Waals surface area contributed by atoms with E-state index in [-0.39, 0.29) is 0 Å². The van der Waals surface area contributed by atoms with Crippen LogP contribution in [0.25, 0.3) is 0 Å². The smallest absolute Gasteiger partial charge is 0.00934 e. The summed E-state index contributed by atoms with van der Waals surface area (Å²) >= 11 is 0. The van der Waals surface area contributed by atoms with Gasteiger partial charge in [-0.2, -0.15) is 0 Å². The Balaban J connectivity index is 1.73. The lowest BCUT2D eigenvalue weighted by Crippen LogP contribution is -2.40. The van der Waals surface area contributed by atoms with Crippen LogP contribution in [0.2, 0.25) is 0 Å². The SMILES string of the molecule is CC1CNCC(CN(C)C2CC2)C1. The van der Waals surface area contributed by atoms with Gasteiger partial charge in [0.25, 0.3) is 0 Å². The molecule has 2 rings (SSSR count). The van der Waals surface area contributed by atoms with Crippen molar-refractivity contribution in [3.63, 3.8) is 0 Å². The number of nitrogens with one attached hydrogen (secondary N) is 1. The van der Waals surface area contributed by atoms with Crippen molar-refractivity contribution in [2.24, 2.45) is 11.8 Å². The van der Waals surface area contributed by atoms with Crippen molar-refractivity contribution in [3.05, 3.63) is 0 Å². The molecule has 0 aromatic rings. The van der Waals surface area contributed by atoms with Gasteiger partial charge >= 0.3 is 0 Å². The number of hydrogen-bond donors (Lipinski definition) is 1. The highest BCUT2D eigenvalue weighted by Crippen LogP contribution is 2.27. The van der Waals surface area contributed by atoms with Gasteiger partial charge in [0.2, 0.25) is 0 Å². The van der Waals surface area contributed by atoms with Crippen LogP contribution in [0.1, 0.15) is 26.2 Å². The fourth-order valence-electron chi connectivity index (χ4n) is 2.48. The molecular formula is C11H22N2. The quantitative estimate of drug-likeness (QED) is 0.708. The highest BCUT2D eigenvalue weighted by atomic mass is 15.2. The van der Waals surface area contributed by atoms with Gasteiger partial charge in [-0.15, -0.1) is 0 Å². The molecule has 2 atom stereocenters. The molecule has 2 unspecified atom stereocenters. The predicted molar refractivity (Wildman–Crippen MR) is 55.8 cm³/mol. The molecule has 1 N–H and O–H groups in total. The number of nitrogens with zero attached hydrogens (tertiary/aromatic N) is 1. The Kier molecular flexibility index (Phi) is 2.89. The Labute approximate surface area is 81.7 Å². The molecule has 1 heterocycles. The fraction of sp³-hybridized carbons (Fsp3) is 1.00. The zero-order valence-corrected chi connectivity index (χ0v) is 8.92. The highest BCUT2D eigenvalue weighted by Gasteiger charge is 2.28. The first-order valence-electron chi connectivity index (χ1n) is 5.66. The summed E-state index contributed by atoms with van der Waals surface area (Å²) in [5.74, 6) is 1.78. The summed E-state index contributed by atoms with van der Waals surface area (Å²) in [5, 5.41) is 3.52. The standard InChI is InChI=1S/C11H22N2/c1-9-5-10(7-12-6-9)8-13(2)11-3-4-11/h9-12H,3-8H2,1-2H3. The van der Waals surface area contributed by atoms with Crippen molar-refractivity contribution in [3.8, 4) is 0 Å². The molecule has 1 aliphatic carbocycles. The lowest BCUT2D eigenvalue weighted by molar-refractivity contribution is 0.210. The molecule has 2 nitrogen and oxygen atoms in total. The van der Waals surface area contributed by atoms with Crippen LogP contribution in [-0.2, 0) is 0 Å². The maximum absolute atomic E-state index is 3.52. The molecule has 0 aromatic heterocycles. The van der Waals surface area contributed by atoms with Crippen LogP contribution in [0.3, 0.4) is 0 Å². The first-order valence-corrected chi connectivity index (χ1v) is 5.66. The second-order valence-corrected chi connectivity index (χ2v) is 5.04. The molecule has 2 heteroatoms. The van der Waals surface area contributed by atoms with E-state index in [9.17, 15) is 0 Å². The summed E-state index contributed by atoms with van der Waals surface area (Å²) in [6, 6.07) is 0.928. The summed E-state index contributed by atoms with van der Waals surface area (Å²) in [7, 11) is 2.29. The molecule has 13 heavy (non-hydrogen) atoms. The lowest BCUT2D eigenvalue weighted by atomic mass is 9.91. The minimum absolute atomic E-state index is 0.881. The molecule has 2 aliphatic rings. The van der Waals surface area contributed by atoms with Gasteiger partial charge in [0.05, 0.1) is 0 Å². The van der Waals surface area contributed by atoms with E-state index in [2.05, 4.69) is 24.2 Å². The van der Waals surface area contributed by atoms with E-state index >= 15 is 0 Å². The number of rotatable bonds is 3. The van der Waals surface area contributed by atoms with Crippen molar-refractivity contribution in [1.82, 2.24) is 10.2 Å². The van der Waals surface area contributed by atoms with Gasteiger partial charge in [0, 0.05) is 12.6 Å². The molecule has 2 fully saturated rings. The van der Waals surface area contributed by atoms with Crippen LogP contribution in [-0.4, -0.2) is 37.6 Å². The van der Waals surface area contributed by atoms with Crippen molar-refractivity contribution in [2.45, 2.75) is 32.2 Å². The first-order chi connectivity index (χ1) is 6.25.